The Morgan fingerprint density at radius 2 is 2.00 bits per heavy atom. The molecule has 1 atom stereocenters. The second-order valence-electron chi connectivity index (χ2n) is 8.08. The van der Waals surface area contributed by atoms with Crippen molar-refractivity contribution in [3.8, 4) is 17.0 Å². The van der Waals surface area contributed by atoms with Gasteiger partial charge in [-0.25, -0.2) is 4.98 Å². The smallest absolute Gasteiger partial charge is 0.236 e. The van der Waals surface area contributed by atoms with E-state index in [4.69, 9.17) is 9.72 Å². The number of methoxy groups -OCH3 is 1. The van der Waals surface area contributed by atoms with Gasteiger partial charge < -0.3 is 9.64 Å². The molecular formula is C23H30N4O2. The predicted molar refractivity (Wildman–Crippen MR) is 113 cm³/mol. The number of piperidine rings is 2. The summed E-state index contributed by atoms with van der Waals surface area (Å²) in [5, 5.41) is 0. The van der Waals surface area contributed by atoms with E-state index >= 15 is 0 Å². The average Bonchev–Trinajstić information content (AvgIpc) is 2.80. The third-order valence-electron chi connectivity index (χ3n) is 6.01. The molecule has 0 radical (unpaired) electrons. The molecule has 0 unspecified atom stereocenters. The number of carbonyl (C=O) groups is 1. The lowest BCUT2D eigenvalue weighted by Crippen LogP contribution is -2.45. The molecule has 0 bridgehead atoms. The Morgan fingerprint density at radius 3 is 2.83 bits per heavy atom. The molecule has 154 valence electrons. The third-order valence-corrected chi connectivity index (χ3v) is 6.01. The molecule has 2 aromatic rings. The van der Waals surface area contributed by atoms with Gasteiger partial charge in [-0.05, 0) is 50.8 Å². The average molecular weight is 395 g/mol. The summed E-state index contributed by atoms with van der Waals surface area (Å²) in [6.45, 7) is 4.22. The minimum Gasteiger partial charge on any atom is -0.497 e. The van der Waals surface area contributed by atoms with Crippen molar-refractivity contribution >= 4 is 5.91 Å². The molecule has 29 heavy (non-hydrogen) atoms. The van der Waals surface area contributed by atoms with Gasteiger partial charge in [0.15, 0.2) is 0 Å². The van der Waals surface area contributed by atoms with Crippen LogP contribution in [0.15, 0.2) is 36.7 Å². The zero-order valence-corrected chi connectivity index (χ0v) is 17.2. The molecule has 2 fully saturated rings. The molecule has 2 aliphatic rings. The number of likely N-dealkylation sites (tertiary alicyclic amines) is 2. The number of ether oxygens (including phenoxy) is 1. The summed E-state index contributed by atoms with van der Waals surface area (Å²) in [5.41, 5.74) is 2.88. The molecule has 6 nitrogen and oxygen atoms in total. The normalized spacial score (nSPS) is 20.4. The summed E-state index contributed by atoms with van der Waals surface area (Å²) < 4.78 is 5.33. The highest BCUT2D eigenvalue weighted by molar-refractivity contribution is 5.78. The van der Waals surface area contributed by atoms with Crippen LogP contribution in [0.2, 0.25) is 0 Å². The Labute approximate surface area is 172 Å². The van der Waals surface area contributed by atoms with Crippen molar-refractivity contribution in [3.63, 3.8) is 0 Å². The zero-order valence-electron chi connectivity index (χ0n) is 17.2. The number of hydrogen-bond donors (Lipinski definition) is 0. The lowest BCUT2D eigenvalue weighted by atomic mass is 9.94. The predicted octanol–water partition coefficient (Wildman–Crippen LogP) is 3.34. The van der Waals surface area contributed by atoms with Gasteiger partial charge in [0.25, 0.3) is 0 Å². The number of hydrogen-bond acceptors (Lipinski definition) is 5. The van der Waals surface area contributed by atoms with E-state index in [9.17, 15) is 4.79 Å². The minimum atomic E-state index is 0.279. The topological polar surface area (TPSA) is 58.6 Å². The maximum Gasteiger partial charge on any atom is 0.236 e. The SMILES string of the molecule is COc1cccc(-c2cncc([C@@H]3CCCN(CC(=O)N4CCCCC4)C3)n2)c1. The number of aromatic nitrogens is 2. The van der Waals surface area contributed by atoms with E-state index in [1.165, 1.54) is 6.42 Å². The lowest BCUT2D eigenvalue weighted by Gasteiger charge is -2.34. The number of nitrogens with zero attached hydrogens (tertiary/aromatic N) is 4. The molecule has 0 aliphatic carbocycles. The van der Waals surface area contributed by atoms with Crippen LogP contribution in [0.1, 0.15) is 43.7 Å². The maximum absolute atomic E-state index is 12.7. The highest BCUT2D eigenvalue weighted by atomic mass is 16.5. The molecule has 2 saturated heterocycles. The monoisotopic (exact) mass is 394 g/mol. The second-order valence-corrected chi connectivity index (χ2v) is 8.08. The summed E-state index contributed by atoms with van der Waals surface area (Å²) in [7, 11) is 1.67. The molecule has 4 rings (SSSR count). The Balaban J connectivity index is 1.43. The summed E-state index contributed by atoms with van der Waals surface area (Å²) in [4.78, 5) is 26.3. The van der Waals surface area contributed by atoms with Crippen LogP contribution in [0.3, 0.4) is 0 Å². The molecule has 2 aliphatic heterocycles. The van der Waals surface area contributed by atoms with E-state index in [0.717, 1.165) is 74.6 Å². The first-order valence-corrected chi connectivity index (χ1v) is 10.7. The van der Waals surface area contributed by atoms with Gasteiger partial charge in [-0.3, -0.25) is 14.7 Å². The number of rotatable bonds is 5. The molecule has 0 N–H and O–H groups in total. The van der Waals surface area contributed by atoms with Gasteiger partial charge >= 0.3 is 0 Å². The Kier molecular flexibility index (Phi) is 6.39. The maximum atomic E-state index is 12.7. The van der Waals surface area contributed by atoms with Crippen molar-refractivity contribution in [2.45, 2.75) is 38.0 Å². The standard InChI is InChI=1S/C23H30N4O2/c1-29-20-9-5-7-18(13-20)21-14-24-15-22(25-21)19-8-6-10-26(16-19)17-23(28)27-11-3-2-4-12-27/h5,7,9,13-15,19H,2-4,6,8,10-12,16-17H2,1H3/t19-/m1/s1. The van der Waals surface area contributed by atoms with Crippen LogP contribution < -0.4 is 4.74 Å². The largest absolute Gasteiger partial charge is 0.497 e. The van der Waals surface area contributed by atoms with Gasteiger partial charge in [-0.2, -0.15) is 0 Å². The van der Waals surface area contributed by atoms with Crippen molar-refractivity contribution in [3.05, 3.63) is 42.4 Å². The quantitative estimate of drug-likeness (QED) is 0.778. The van der Waals surface area contributed by atoms with Crippen LogP contribution in [-0.4, -0.2) is 65.5 Å². The van der Waals surface area contributed by atoms with Gasteiger partial charge in [0.1, 0.15) is 5.75 Å². The van der Waals surface area contributed by atoms with Crippen LogP contribution in [0, 0.1) is 0 Å². The van der Waals surface area contributed by atoms with Crippen molar-refractivity contribution in [2.75, 3.05) is 39.8 Å². The van der Waals surface area contributed by atoms with E-state index in [2.05, 4.69) is 9.88 Å². The molecular weight excluding hydrogens is 364 g/mol. The molecule has 0 saturated carbocycles. The fourth-order valence-corrected chi connectivity index (χ4v) is 4.37. The van der Waals surface area contributed by atoms with Crippen LogP contribution in [-0.2, 0) is 4.79 Å². The van der Waals surface area contributed by atoms with Crippen LogP contribution in [0.25, 0.3) is 11.3 Å². The number of amides is 1. The van der Waals surface area contributed by atoms with Crippen LogP contribution >= 0.6 is 0 Å². The molecule has 1 amide bonds. The Bertz CT molecular complexity index is 835. The molecule has 0 spiro atoms. The van der Waals surface area contributed by atoms with Gasteiger partial charge in [0, 0.05) is 37.3 Å². The number of benzene rings is 1. The van der Waals surface area contributed by atoms with E-state index in [-0.39, 0.29) is 5.91 Å². The van der Waals surface area contributed by atoms with E-state index in [1.54, 1.807) is 13.3 Å². The highest BCUT2D eigenvalue weighted by Gasteiger charge is 2.26. The molecule has 6 heteroatoms. The zero-order chi connectivity index (χ0) is 20.1. The van der Waals surface area contributed by atoms with Gasteiger partial charge in [0.2, 0.25) is 5.91 Å². The van der Waals surface area contributed by atoms with Crippen LogP contribution in [0.5, 0.6) is 5.75 Å². The Morgan fingerprint density at radius 1 is 1.14 bits per heavy atom. The number of carbonyl (C=O) groups excluding carboxylic acids is 1. The summed E-state index contributed by atoms with van der Waals surface area (Å²) >= 11 is 0. The van der Waals surface area contributed by atoms with Gasteiger partial charge in [-0.15, -0.1) is 0 Å². The third kappa shape index (κ3) is 4.93. The molecule has 3 heterocycles. The van der Waals surface area contributed by atoms with E-state index < -0.39 is 0 Å². The molecule has 1 aromatic heterocycles. The first-order chi connectivity index (χ1) is 14.2. The van der Waals surface area contributed by atoms with Gasteiger partial charge in [-0.1, -0.05) is 12.1 Å². The lowest BCUT2D eigenvalue weighted by molar-refractivity contribution is -0.133. The van der Waals surface area contributed by atoms with E-state index in [1.807, 2.05) is 35.4 Å². The van der Waals surface area contributed by atoms with Gasteiger partial charge in [0.05, 0.1) is 31.2 Å². The Hall–Kier alpha value is -2.47. The van der Waals surface area contributed by atoms with Crippen molar-refractivity contribution in [2.24, 2.45) is 0 Å². The van der Waals surface area contributed by atoms with E-state index in [0.29, 0.717) is 12.5 Å². The van der Waals surface area contributed by atoms with Crippen molar-refractivity contribution in [1.29, 1.82) is 0 Å². The second kappa shape index (κ2) is 9.35. The first kappa shape index (κ1) is 19.8. The summed E-state index contributed by atoms with van der Waals surface area (Å²) in [6, 6.07) is 7.91. The fraction of sp³-hybridized carbons (Fsp3) is 0.522. The van der Waals surface area contributed by atoms with Crippen LogP contribution in [0.4, 0.5) is 0 Å². The fourth-order valence-electron chi connectivity index (χ4n) is 4.37. The van der Waals surface area contributed by atoms with Crippen molar-refractivity contribution < 1.29 is 9.53 Å². The summed E-state index contributed by atoms with van der Waals surface area (Å²) in [6.07, 6.45) is 9.39. The molecule has 1 aromatic carbocycles. The van der Waals surface area contributed by atoms with Crippen molar-refractivity contribution in [1.82, 2.24) is 19.8 Å². The first-order valence-electron chi connectivity index (χ1n) is 10.7. The highest BCUT2D eigenvalue weighted by Crippen LogP contribution is 2.28. The minimum absolute atomic E-state index is 0.279. The summed E-state index contributed by atoms with van der Waals surface area (Å²) in [5.74, 6) is 1.41.